The Kier molecular flexibility index (Phi) is 12.4. The molecule has 0 aliphatic rings. The van der Waals surface area contributed by atoms with Gasteiger partial charge in [-0.05, 0) is 6.92 Å². The summed E-state index contributed by atoms with van der Waals surface area (Å²) in [5.74, 6) is 0. The summed E-state index contributed by atoms with van der Waals surface area (Å²) in [4.78, 5) is 0. The van der Waals surface area contributed by atoms with E-state index >= 15 is 0 Å². The second-order valence-electron chi connectivity index (χ2n) is 2.61. The predicted molar refractivity (Wildman–Crippen MR) is 35.3 cm³/mol. The van der Waals surface area contributed by atoms with Crippen LogP contribution in [0.5, 0.6) is 0 Å². The van der Waals surface area contributed by atoms with Crippen LogP contribution in [0.25, 0.3) is 0 Å². The van der Waals surface area contributed by atoms with Crippen LogP contribution in [0.3, 0.4) is 0 Å². The van der Waals surface area contributed by atoms with Crippen LogP contribution in [0.2, 0.25) is 0 Å². The molecule has 0 aliphatic carbocycles. The van der Waals surface area contributed by atoms with Crippen molar-refractivity contribution >= 4 is 0 Å². The predicted octanol–water partition coefficient (Wildman–Crippen LogP) is 1.35. The first-order valence-corrected chi connectivity index (χ1v) is 2.36. The van der Waals surface area contributed by atoms with Gasteiger partial charge in [0.2, 0.25) is 0 Å². The van der Waals surface area contributed by atoms with E-state index in [0.717, 1.165) is 4.48 Å². The standard InChI is InChI=1S/C5H14N.CH4.Y/c1-5-6(2,3)4;;/h5H2,1-4H3;1H4;/q+1;;. The molecule has 0 spiro atoms. The molecule has 0 bridgehead atoms. The summed E-state index contributed by atoms with van der Waals surface area (Å²) >= 11 is 0. The first kappa shape index (κ1) is 16.0. The minimum absolute atomic E-state index is 0. The van der Waals surface area contributed by atoms with Gasteiger partial charge in [-0.15, -0.1) is 0 Å². The van der Waals surface area contributed by atoms with Crippen LogP contribution in [0, 0.1) is 0 Å². The third-order valence-corrected chi connectivity index (χ3v) is 0.949. The number of rotatable bonds is 1. The van der Waals surface area contributed by atoms with E-state index in [1.807, 2.05) is 0 Å². The quantitative estimate of drug-likeness (QED) is 0.551. The van der Waals surface area contributed by atoms with Crippen molar-refractivity contribution in [3.05, 3.63) is 0 Å². The Morgan fingerprint density at radius 1 is 1.12 bits per heavy atom. The fourth-order valence-electron chi connectivity index (χ4n) is 0. The summed E-state index contributed by atoms with van der Waals surface area (Å²) in [6, 6.07) is 0. The van der Waals surface area contributed by atoms with Crippen LogP contribution in [0.15, 0.2) is 0 Å². The van der Waals surface area contributed by atoms with E-state index < -0.39 is 0 Å². The van der Waals surface area contributed by atoms with E-state index in [9.17, 15) is 0 Å². The normalized spacial score (nSPS) is 9.00. The van der Waals surface area contributed by atoms with Gasteiger partial charge in [-0.3, -0.25) is 0 Å². The van der Waals surface area contributed by atoms with E-state index in [1.54, 1.807) is 0 Å². The molecular formula is C6H18NY+. The van der Waals surface area contributed by atoms with Gasteiger partial charge < -0.3 is 4.48 Å². The molecule has 0 fully saturated rings. The smallest absolute Gasteiger partial charge is 0.0751 e. The molecule has 0 amide bonds. The topological polar surface area (TPSA) is 0 Å². The Morgan fingerprint density at radius 2 is 1.25 bits per heavy atom. The molecule has 0 saturated carbocycles. The minimum atomic E-state index is 0. The summed E-state index contributed by atoms with van der Waals surface area (Å²) in [7, 11) is 6.54. The van der Waals surface area contributed by atoms with Crippen molar-refractivity contribution in [1.29, 1.82) is 0 Å². The van der Waals surface area contributed by atoms with Crippen LogP contribution in [0.4, 0.5) is 0 Å². The number of hydrogen-bond donors (Lipinski definition) is 0. The first-order chi connectivity index (χ1) is 2.56. The molecule has 0 aliphatic heterocycles. The van der Waals surface area contributed by atoms with Crippen LogP contribution in [-0.2, 0) is 32.7 Å². The Labute approximate surface area is 78.9 Å². The Hall–Kier alpha value is 1.06. The maximum Gasteiger partial charge on any atom is 0.0751 e. The average Bonchev–Trinajstić information content (AvgIpc) is 1.35. The van der Waals surface area contributed by atoms with Crippen molar-refractivity contribution < 1.29 is 37.2 Å². The third-order valence-electron chi connectivity index (χ3n) is 0.949. The summed E-state index contributed by atoms with van der Waals surface area (Å²) < 4.78 is 1.07. The summed E-state index contributed by atoms with van der Waals surface area (Å²) in [6.45, 7) is 3.39. The van der Waals surface area contributed by atoms with Crippen molar-refractivity contribution in [2.75, 3.05) is 27.7 Å². The Balaban J connectivity index is -0.000000125. The molecular weight excluding hydrogens is 175 g/mol. The van der Waals surface area contributed by atoms with Crippen LogP contribution >= 0.6 is 0 Å². The van der Waals surface area contributed by atoms with Crippen LogP contribution in [-0.4, -0.2) is 32.2 Å². The van der Waals surface area contributed by atoms with Gasteiger partial charge in [-0.2, -0.15) is 0 Å². The molecule has 49 valence electrons. The average molecular weight is 193 g/mol. The maximum absolute atomic E-state index is 2.18. The zero-order valence-electron chi connectivity index (χ0n) is 5.73. The molecule has 8 heavy (non-hydrogen) atoms. The van der Waals surface area contributed by atoms with Gasteiger partial charge in [0.15, 0.2) is 0 Å². The monoisotopic (exact) mass is 193 g/mol. The SMILES string of the molecule is C.CC[N+](C)(C)C.[Y]. The fraction of sp³-hybridized carbons (Fsp3) is 1.00. The molecule has 2 heteroatoms. The molecule has 0 aromatic rings. The zero-order chi connectivity index (χ0) is 5.21. The fourth-order valence-corrected chi connectivity index (χ4v) is 0. The van der Waals surface area contributed by atoms with Crippen LogP contribution in [0.1, 0.15) is 14.4 Å². The van der Waals surface area contributed by atoms with Gasteiger partial charge >= 0.3 is 0 Å². The molecule has 0 aromatic carbocycles. The van der Waals surface area contributed by atoms with E-state index in [4.69, 9.17) is 0 Å². The summed E-state index contributed by atoms with van der Waals surface area (Å²) in [5.41, 5.74) is 0. The molecule has 0 heterocycles. The van der Waals surface area contributed by atoms with Crippen LogP contribution < -0.4 is 0 Å². The van der Waals surface area contributed by atoms with Gasteiger partial charge in [-0.1, -0.05) is 7.43 Å². The van der Waals surface area contributed by atoms with Crippen molar-refractivity contribution in [3.8, 4) is 0 Å². The van der Waals surface area contributed by atoms with Crippen molar-refractivity contribution in [3.63, 3.8) is 0 Å². The second-order valence-corrected chi connectivity index (χ2v) is 2.61. The largest absolute Gasteiger partial charge is 0.331 e. The Morgan fingerprint density at radius 3 is 1.25 bits per heavy atom. The molecule has 0 aromatic heterocycles. The van der Waals surface area contributed by atoms with Gasteiger partial charge in [-0.25, -0.2) is 0 Å². The van der Waals surface area contributed by atoms with Gasteiger partial charge in [0.05, 0.1) is 27.7 Å². The Bertz CT molecular complexity index is 38.3. The van der Waals surface area contributed by atoms with E-state index in [1.165, 1.54) is 6.54 Å². The molecule has 0 saturated heterocycles. The molecule has 1 radical (unpaired) electrons. The van der Waals surface area contributed by atoms with E-state index in [-0.39, 0.29) is 40.1 Å². The molecule has 0 unspecified atom stereocenters. The zero-order valence-corrected chi connectivity index (χ0v) is 8.57. The van der Waals surface area contributed by atoms with Gasteiger partial charge in [0.25, 0.3) is 0 Å². The minimum Gasteiger partial charge on any atom is -0.331 e. The van der Waals surface area contributed by atoms with E-state index in [0.29, 0.717) is 0 Å². The second kappa shape index (κ2) is 6.19. The van der Waals surface area contributed by atoms with Crippen molar-refractivity contribution in [2.24, 2.45) is 0 Å². The van der Waals surface area contributed by atoms with E-state index in [2.05, 4.69) is 28.1 Å². The van der Waals surface area contributed by atoms with Crippen molar-refractivity contribution in [1.82, 2.24) is 0 Å². The third kappa shape index (κ3) is 15.7. The molecule has 0 rings (SSSR count). The summed E-state index contributed by atoms with van der Waals surface area (Å²) in [5, 5.41) is 0. The molecule has 0 atom stereocenters. The maximum atomic E-state index is 2.18. The molecule has 0 N–H and O–H groups in total. The molecule has 1 nitrogen and oxygen atoms in total. The van der Waals surface area contributed by atoms with Crippen molar-refractivity contribution in [2.45, 2.75) is 14.4 Å². The number of nitrogens with zero attached hydrogens (tertiary/aromatic N) is 1. The first-order valence-electron chi connectivity index (χ1n) is 2.36. The number of quaternary nitrogens is 1. The number of hydrogen-bond acceptors (Lipinski definition) is 0. The summed E-state index contributed by atoms with van der Waals surface area (Å²) in [6.07, 6.45) is 0. The van der Waals surface area contributed by atoms with Gasteiger partial charge in [0.1, 0.15) is 0 Å². The van der Waals surface area contributed by atoms with Gasteiger partial charge in [0, 0.05) is 32.7 Å².